The van der Waals surface area contributed by atoms with Crippen molar-refractivity contribution in [2.24, 2.45) is 0 Å². The average molecular weight is 430 g/mol. The largest absolute Gasteiger partial charge is 0.507 e. The van der Waals surface area contributed by atoms with Gasteiger partial charge in [0.1, 0.15) is 11.5 Å². The Morgan fingerprint density at radius 2 is 1.72 bits per heavy atom. The molecule has 1 heterocycles. The summed E-state index contributed by atoms with van der Waals surface area (Å²) in [5, 5.41) is 13.2. The predicted octanol–water partition coefficient (Wildman–Crippen LogP) is 5.46. The molecule has 0 aromatic heterocycles. The zero-order valence-electron chi connectivity index (χ0n) is 18.4. The van der Waals surface area contributed by atoms with Crippen LogP contribution in [0.15, 0.2) is 72.3 Å². The lowest BCUT2D eigenvalue weighted by Gasteiger charge is -2.25. The Bertz CT molecular complexity index is 1200. The van der Waals surface area contributed by atoms with E-state index in [1.165, 1.54) is 0 Å². The molecule has 0 spiro atoms. The summed E-state index contributed by atoms with van der Waals surface area (Å²) in [7, 11) is 0. The van der Waals surface area contributed by atoms with Crippen LogP contribution in [0.4, 0.5) is 0 Å². The van der Waals surface area contributed by atoms with Crippen LogP contribution in [0.1, 0.15) is 43.9 Å². The Labute approximate surface area is 187 Å². The monoisotopic (exact) mass is 429 g/mol. The van der Waals surface area contributed by atoms with E-state index < -0.39 is 17.7 Å². The summed E-state index contributed by atoms with van der Waals surface area (Å²) in [6, 6.07) is 20.1. The number of likely N-dealkylation sites (tertiary alicyclic amines) is 1. The van der Waals surface area contributed by atoms with Crippen LogP contribution in [0.3, 0.4) is 0 Å². The minimum Gasteiger partial charge on any atom is -0.507 e. The molecule has 5 nitrogen and oxygen atoms in total. The van der Waals surface area contributed by atoms with E-state index in [4.69, 9.17) is 4.74 Å². The van der Waals surface area contributed by atoms with Gasteiger partial charge < -0.3 is 14.7 Å². The maximum atomic E-state index is 13.1. The topological polar surface area (TPSA) is 66.8 Å². The summed E-state index contributed by atoms with van der Waals surface area (Å²) in [6.07, 6.45) is 1.58. The first-order valence-corrected chi connectivity index (χ1v) is 11.1. The second-order valence-corrected chi connectivity index (χ2v) is 7.98. The molecular formula is C27H27NO4. The van der Waals surface area contributed by atoms with Gasteiger partial charge in [0.05, 0.1) is 18.2 Å². The molecule has 1 N–H and O–H groups in total. The van der Waals surface area contributed by atoms with Crippen LogP contribution in [0, 0.1) is 0 Å². The molecule has 0 radical (unpaired) electrons. The first-order valence-electron chi connectivity index (χ1n) is 11.1. The first-order chi connectivity index (χ1) is 15.5. The van der Waals surface area contributed by atoms with E-state index in [0.717, 1.165) is 22.8 Å². The molecule has 1 unspecified atom stereocenters. The Morgan fingerprint density at radius 3 is 2.47 bits per heavy atom. The lowest BCUT2D eigenvalue weighted by molar-refractivity contribution is -0.139. The summed E-state index contributed by atoms with van der Waals surface area (Å²) < 4.78 is 5.77. The van der Waals surface area contributed by atoms with Gasteiger partial charge in [0.15, 0.2) is 0 Å². The van der Waals surface area contributed by atoms with Gasteiger partial charge in [-0.1, -0.05) is 62.4 Å². The van der Waals surface area contributed by atoms with Crippen LogP contribution in [0.5, 0.6) is 5.75 Å². The number of hydrogen-bond donors (Lipinski definition) is 1. The van der Waals surface area contributed by atoms with Crippen molar-refractivity contribution in [3.63, 3.8) is 0 Å². The van der Waals surface area contributed by atoms with Crippen LogP contribution < -0.4 is 4.74 Å². The van der Waals surface area contributed by atoms with Crippen molar-refractivity contribution in [3.8, 4) is 5.75 Å². The SMILES string of the molecule is CCCOc1cccc(C2/C(=C(/O)c3ccc4ccccc4c3)C(=O)C(=O)N2CCC)c1. The molecule has 1 aliphatic heterocycles. The van der Waals surface area contributed by atoms with Gasteiger partial charge in [-0.15, -0.1) is 0 Å². The highest BCUT2D eigenvalue weighted by Gasteiger charge is 2.45. The molecule has 3 aromatic carbocycles. The summed E-state index contributed by atoms with van der Waals surface area (Å²) in [5.41, 5.74) is 1.38. The highest BCUT2D eigenvalue weighted by atomic mass is 16.5. The zero-order chi connectivity index (χ0) is 22.7. The van der Waals surface area contributed by atoms with Crippen LogP contribution >= 0.6 is 0 Å². The summed E-state index contributed by atoms with van der Waals surface area (Å²) >= 11 is 0. The fraction of sp³-hybridized carbons (Fsp3) is 0.259. The number of aliphatic hydroxyl groups excluding tert-OH is 1. The van der Waals surface area contributed by atoms with Crippen molar-refractivity contribution in [2.45, 2.75) is 32.7 Å². The molecular weight excluding hydrogens is 402 g/mol. The van der Waals surface area contributed by atoms with Crippen molar-refractivity contribution < 1.29 is 19.4 Å². The van der Waals surface area contributed by atoms with Crippen LogP contribution in [-0.4, -0.2) is 34.8 Å². The van der Waals surface area contributed by atoms with Gasteiger partial charge in [0.2, 0.25) is 0 Å². The molecule has 4 rings (SSSR count). The Balaban J connectivity index is 1.85. The quantitative estimate of drug-likeness (QED) is 0.308. The van der Waals surface area contributed by atoms with E-state index >= 15 is 0 Å². The molecule has 1 fully saturated rings. The molecule has 3 aromatic rings. The summed E-state index contributed by atoms with van der Waals surface area (Å²) in [4.78, 5) is 27.5. The zero-order valence-corrected chi connectivity index (χ0v) is 18.4. The van der Waals surface area contributed by atoms with Crippen molar-refractivity contribution in [2.75, 3.05) is 13.2 Å². The van der Waals surface area contributed by atoms with Crippen molar-refractivity contribution in [1.82, 2.24) is 4.90 Å². The van der Waals surface area contributed by atoms with E-state index in [1.54, 1.807) is 11.0 Å². The number of ether oxygens (including phenoxy) is 1. The third-order valence-electron chi connectivity index (χ3n) is 5.67. The Kier molecular flexibility index (Phi) is 6.26. The third-order valence-corrected chi connectivity index (χ3v) is 5.67. The fourth-order valence-corrected chi connectivity index (χ4v) is 4.18. The van der Waals surface area contributed by atoms with Gasteiger partial charge in [-0.05, 0) is 47.4 Å². The number of rotatable bonds is 7. The molecule has 1 amide bonds. The molecule has 1 atom stereocenters. The predicted molar refractivity (Wildman–Crippen MR) is 125 cm³/mol. The number of aliphatic hydroxyl groups is 1. The standard InChI is InChI=1S/C27H27NO4/c1-3-14-28-24(20-10-7-11-22(17-20)32-15-4-2)23(26(30)27(28)31)25(29)21-13-12-18-8-5-6-9-19(18)16-21/h5-13,16-17,24,29H,3-4,14-15H2,1-2H3/b25-23-. The van der Waals surface area contributed by atoms with Gasteiger partial charge in [0, 0.05) is 12.1 Å². The van der Waals surface area contributed by atoms with Gasteiger partial charge >= 0.3 is 0 Å². The van der Waals surface area contributed by atoms with E-state index in [9.17, 15) is 14.7 Å². The average Bonchev–Trinajstić information content (AvgIpc) is 3.07. The van der Waals surface area contributed by atoms with Crippen molar-refractivity contribution >= 4 is 28.2 Å². The number of amides is 1. The lowest BCUT2D eigenvalue weighted by Crippen LogP contribution is -2.30. The summed E-state index contributed by atoms with van der Waals surface area (Å²) in [5.74, 6) is -0.720. The van der Waals surface area contributed by atoms with Gasteiger partial charge in [-0.3, -0.25) is 9.59 Å². The van der Waals surface area contributed by atoms with Crippen LogP contribution in [0.2, 0.25) is 0 Å². The molecule has 1 aliphatic rings. The minimum atomic E-state index is -0.661. The maximum absolute atomic E-state index is 13.1. The highest BCUT2D eigenvalue weighted by molar-refractivity contribution is 6.46. The Morgan fingerprint density at radius 1 is 0.938 bits per heavy atom. The summed E-state index contributed by atoms with van der Waals surface area (Å²) in [6.45, 7) is 4.99. The second kappa shape index (κ2) is 9.27. The lowest BCUT2D eigenvalue weighted by atomic mass is 9.94. The van der Waals surface area contributed by atoms with E-state index in [1.807, 2.05) is 74.5 Å². The van der Waals surface area contributed by atoms with Crippen LogP contribution in [0.25, 0.3) is 16.5 Å². The smallest absolute Gasteiger partial charge is 0.295 e. The van der Waals surface area contributed by atoms with E-state index in [2.05, 4.69) is 0 Å². The number of carbonyl (C=O) groups is 2. The Hall–Kier alpha value is -3.60. The van der Waals surface area contributed by atoms with Crippen LogP contribution in [-0.2, 0) is 9.59 Å². The number of hydrogen-bond acceptors (Lipinski definition) is 4. The fourth-order valence-electron chi connectivity index (χ4n) is 4.18. The van der Waals surface area contributed by atoms with Gasteiger partial charge in [0.25, 0.3) is 11.7 Å². The molecule has 5 heteroatoms. The number of ketones is 1. The number of nitrogens with zero attached hydrogens (tertiary/aromatic N) is 1. The van der Waals surface area contributed by atoms with Gasteiger partial charge in [-0.2, -0.15) is 0 Å². The molecule has 0 bridgehead atoms. The normalized spacial score (nSPS) is 17.8. The highest BCUT2D eigenvalue weighted by Crippen LogP contribution is 2.40. The second-order valence-electron chi connectivity index (χ2n) is 7.98. The maximum Gasteiger partial charge on any atom is 0.295 e. The van der Waals surface area contributed by atoms with E-state index in [0.29, 0.717) is 30.9 Å². The number of Topliss-reactive ketones (excluding diaryl/α,β-unsaturated/α-hetero) is 1. The number of fused-ring (bicyclic) bond motifs is 1. The molecule has 0 saturated carbocycles. The number of benzene rings is 3. The third kappa shape index (κ3) is 3.98. The number of carbonyl (C=O) groups excluding carboxylic acids is 2. The molecule has 0 aliphatic carbocycles. The van der Waals surface area contributed by atoms with Crippen molar-refractivity contribution in [1.29, 1.82) is 0 Å². The van der Waals surface area contributed by atoms with Gasteiger partial charge in [-0.25, -0.2) is 0 Å². The van der Waals surface area contributed by atoms with E-state index in [-0.39, 0.29) is 11.3 Å². The minimum absolute atomic E-state index is 0.117. The van der Waals surface area contributed by atoms with Crippen molar-refractivity contribution in [3.05, 3.63) is 83.4 Å². The molecule has 32 heavy (non-hydrogen) atoms. The molecule has 1 saturated heterocycles. The molecule has 164 valence electrons. The first kappa shape index (κ1) is 21.6.